The van der Waals surface area contributed by atoms with E-state index >= 15 is 0 Å². The van der Waals surface area contributed by atoms with Gasteiger partial charge in [-0.05, 0) is 57.8 Å². The van der Waals surface area contributed by atoms with E-state index in [0.717, 1.165) is 57.8 Å². The first-order valence-electron chi connectivity index (χ1n) is 33.9. The first-order valence-corrected chi connectivity index (χ1v) is 33.9. The Kier molecular flexibility index (Phi) is 44.8. The van der Waals surface area contributed by atoms with Crippen molar-refractivity contribution in [2.45, 2.75) is 343 Å². The summed E-state index contributed by atoms with van der Waals surface area (Å²) in [4.78, 5) is 13.4. The zero-order valence-electron chi connectivity index (χ0n) is 52.8. The van der Waals surface area contributed by atoms with Gasteiger partial charge in [0.05, 0.1) is 38.6 Å². The number of rotatable bonds is 51. The van der Waals surface area contributed by atoms with Gasteiger partial charge in [-0.15, -0.1) is 0 Å². The van der Waals surface area contributed by atoms with Crippen molar-refractivity contribution >= 4 is 5.91 Å². The molecule has 17 atom stereocenters. The molecule has 502 valence electrons. The zero-order chi connectivity index (χ0) is 62.6. The first-order chi connectivity index (χ1) is 41.8. The first kappa shape index (κ1) is 78.0. The van der Waals surface area contributed by atoms with Crippen LogP contribution in [0, 0.1) is 0 Å². The van der Waals surface area contributed by atoms with E-state index < -0.39 is 124 Å². The summed E-state index contributed by atoms with van der Waals surface area (Å²) in [7, 11) is 0. The van der Waals surface area contributed by atoms with Gasteiger partial charge in [-0.1, -0.05) is 223 Å². The average Bonchev–Trinajstić information content (AvgIpc) is 2.62. The molecule has 19 nitrogen and oxygen atoms in total. The molecule has 3 fully saturated rings. The molecule has 17 unspecified atom stereocenters. The molecule has 3 aliphatic rings. The molecule has 0 aromatic heterocycles. The van der Waals surface area contributed by atoms with Crippen LogP contribution < -0.4 is 5.32 Å². The number of hydrogen-bond acceptors (Lipinski definition) is 18. The summed E-state index contributed by atoms with van der Waals surface area (Å²) in [6, 6.07) is -0.973. The molecular weight excluding hydrogens is 1110 g/mol. The van der Waals surface area contributed by atoms with Gasteiger partial charge in [0.15, 0.2) is 18.9 Å². The SMILES string of the molecule is CCCCCCC/C=C\C/C=C\C/C=C\CCCCCCCCCCCCCCCCC(=O)NC(COC1OC(CO)C(OC2OC(CO)C(OC3OC(CO)C(O)C(O)C3O)C(O)C2O)C(O)C1O)C(O)/C=C/CCCCCCCCCCCC. The fourth-order valence-corrected chi connectivity index (χ4v) is 11.3. The van der Waals surface area contributed by atoms with Crippen molar-refractivity contribution in [1.29, 1.82) is 0 Å². The van der Waals surface area contributed by atoms with Crippen LogP contribution in [0.15, 0.2) is 48.6 Å². The van der Waals surface area contributed by atoms with Crippen LogP contribution in [0.5, 0.6) is 0 Å². The highest BCUT2D eigenvalue weighted by Crippen LogP contribution is 2.33. The van der Waals surface area contributed by atoms with Gasteiger partial charge < -0.3 is 89.9 Å². The molecule has 0 aromatic rings. The summed E-state index contributed by atoms with van der Waals surface area (Å²) in [6.07, 6.45) is 31.0. The van der Waals surface area contributed by atoms with Crippen molar-refractivity contribution in [2.75, 3.05) is 26.4 Å². The maximum absolute atomic E-state index is 13.4. The minimum absolute atomic E-state index is 0.242. The number of aliphatic hydroxyl groups excluding tert-OH is 11. The number of unbranched alkanes of at least 4 members (excludes halogenated alkanes) is 29. The molecule has 0 saturated carbocycles. The highest BCUT2D eigenvalue weighted by Gasteiger charge is 2.53. The van der Waals surface area contributed by atoms with Gasteiger partial charge in [0.25, 0.3) is 0 Å². The monoisotopic (exact) mass is 1230 g/mol. The van der Waals surface area contributed by atoms with Crippen LogP contribution in [0.4, 0.5) is 0 Å². The molecule has 3 aliphatic heterocycles. The molecule has 3 heterocycles. The normalized spacial score (nSPS) is 29.1. The molecule has 0 bridgehead atoms. The van der Waals surface area contributed by atoms with Gasteiger partial charge in [-0.25, -0.2) is 0 Å². The number of carbonyl (C=O) groups excluding carboxylic acids is 1. The number of aliphatic hydroxyl groups is 11. The lowest BCUT2D eigenvalue weighted by Gasteiger charge is -2.48. The summed E-state index contributed by atoms with van der Waals surface area (Å²) < 4.78 is 34.3. The number of nitrogens with one attached hydrogen (secondary N) is 1. The Morgan fingerprint density at radius 3 is 1.20 bits per heavy atom. The van der Waals surface area contributed by atoms with Gasteiger partial charge in [0.1, 0.15) is 73.2 Å². The largest absolute Gasteiger partial charge is 0.394 e. The fourth-order valence-electron chi connectivity index (χ4n) is 11.3. The topological polar surface area (TPSA) is 307 Å². The lowest BCUT2D eigenvalue weighted by Crippen LogP contribution is -2.66. The highest BCUT2D eigenvalue weighted by atomic mass is 16.8. The number of allylic oxidation sites excluding steroid dienone is 7. The van der Waals surface area contributed by atoms with Crippen LogP contribution in [0.3, 0.4) is 0 Å². The maximum atomic E-state index is 13.4. The third kappa shape index (κ3) is 31.7. The molecule has 0 aromatic carbocycles. The smallest absolute Gasteiger partial charge is 0.220 e. The Hall–Kier alpha value is -2.25. The molecule has 1 amide bonds. The van der Waals surface area contributed by atoms with E-state index in [2.05, 4.69) is 55.6 Å². The van der Waals surface area contributed by atoms with Gasteiger partial charge in [-0.3, -0.25) is 4.79 Å². The Bertz CT molecular complexity index is 1750. The van der Waals surface area contributed by atoms with Crippen molar-refractivity contribution in [3.05, 3.63) is 48.6 Å². The predicted octanol–water partition coefficient (Wildman–Crippen LogP) is 8.22. The molecule has 3 rings (SSSR count). The molecule has 0 spiro atoms. The zero-order valence-corrected chi connectivity index (χ0v) is 52.8. The molecular formula is C67H121NO18. The van der Waals surface area contributed by atoms with Crippen LogP contribution in [0.2, 0.25) is 0 Å². The Balaban J connectivity index is 1.39. The lowest BCUT2D eigenvalue weighted by atomic mass is 9.96. The van der Waals surface area contributed by atoms with E-state index in [1.165, 1.54) is 154 Å². The Labute approximate surface area is 516 Å². The summed E-state index contributed by atoms with van der Waals surface area (Å²) >= 11 is 0. The summed E-state index contributed by atoms with van der Waals surface area (Å²) in [5, 5.41) is 120. The van der Waals surface area contributed by atoms with Crippen molar-refractivity contribution in [3.63, 3.8) is 0 Å². The van der Waals surface area contributed by atoms with Crippen LogP contribution in [0.1, 0.15) is 239 Å². The minimum atomic E-state index is -1.98. The number of amides is 1. The Morgan fingerprint density at radius 1 is 0.419 bits per heavy atom. The third-order valence-corrected chi connectivity index (χ3v) is 16.9. The quantitative estimate of drug-likeness (QED) is 0.0202. The van der Waals surface area contributed by atoms with E-state index in [4.69, 9.17) is 28.4 Å². The van der Waals surface area contributed by atoms with E-state index in [9.17, 15) is 61.0 Å². The summed E-state index contributed by atoms with van der Waals surface area (Å²) in [5.41, 5.74) is 0. The lowest BCUT2D eigenvalue weighted by molar-refractivity contribution is -0.379. The number of hydrogen-bond donors (Lipinski definition) is 12. The molecule has 0 aliphatic carbocycles. The third-order valence-electron chi connectivity index (χ3n) is 16.9. The van der Waals surface area contributed by atoms with Crippen LogP contribution in [-0.4, -0.2) is 193 Å². The van der Waals surface area contributed by atoms with Crippen molar-refractivity contribution in [3.8, 4) is 0 Å². The second kappa shape index (κ2) is 49.5. The van der Waals surface area contributed by atoms with Gasteiger partial charge in [-0.2, -0.15) is 0 Å². The van der Waals surface area contributed by atoms with E-state index in [1.54, 1.807) is 6.08 Å². The van der Waals surface area contributed by atoms with Crippen molar-refractivity contribution in [2.24, 2.45) is 0 Å². The second-order valence-electron chi connectivity index (χ2n) is 24.3. The van der Waals surface area contributed by atoms with E-state index in [1.807, 2.05) is 6.08 Å². The standard InChI is InChI=1S/C67H121NO18/c1-3-5-7-9-11-13-15-17-18-19-20-21-22-23-24-25-26-27-28-29-30-31-32-33-35-37-39-41-43-45-55(73)68-50(51(72)44-42-40-38-36-34-16-14-12-10-8-6-4-2)49-81-65-61(79)58(76)63(53(47-70)83-65)86-67-62(80)59(77)64(54(48-71)84-67)85-66-60(78)57(75)56(74)52(46-69)82-66/h15,17,19-20,22-23,42,44,50-54,56-67,69-72,74-80H,3-14,16,18,21,24-41,43,45-49H2,1-2H3,(H,68,73)/b17-15-,20-19-,23-22-,44-42+. The minimum Gasteiger partial charge on any atom is -0.394 e. The van der Waals surface area contributed by atoms with E-state index in [0.29, 0.717) is 6.42 Å². The summed E-state index contributed by atoms with van der Waals surface area (Å²) in [6.45, 7) is 1.71. The fraction of sp³-hybridized carbons (Fsp3) is 0.866. The van der Waals surface area contributed by atoms with Gasteiger partial charge in [0, 0.05) is 6.42 Å². The average molecular weight is 1230 g/mol. The van der Waals surface area contributed by atoms with Crippen LogP contribution in [-0.2, 0) is 33.2 Å². The molecule has 19 heteroatoms. The maximum Gasteiger partial charge on any atom is 0.220 e. The van der Waals surface area contributed by atoms with Crippen molar-refractivity contribution in [1.82, 2.24) is 5.32 Å². The molecule has 0 radical (unpaired) electrons. The number of carbonyl (C=O) groups is 1. The van der Waals surface area contributed by atoms with Gasteiger partial charge in [0.2, 0.25) is 5.91 Å². The van der Waals surface area contributed by atoms with Crippen LogP contribution >= 0.6 is 0 Å². The molecule has 12 N–H and O–H groups in total. The predicted molar refractivity (Wildman–Crippen MR) is 332 cm³/mol. The van der Waals surface area contributed by atoms with Crippen LogP contribution in [0.25, 0.3) is 0 Å². The van der Waals surface area contributed by atoms with E-state index in [-0.39, 0.29) is 18.9 Å². The molecule has 3 saturated heterocycles. The Morgan fingerprint density at radius 2 is 0.767 bits per heavy atom. The number of ether oxygens (including phenoxy) is 6. The summed E-state index contributed by atoms with van der Waals surface area (Å²) in [5.74, 6) is -0.277. The highest BCUT2D eigenvalue weighted by molar-refractivity contribution is 5.76. The second-order valence-corrected chi connectivity index (χ2v) is 24.3. The van der Waals surface area contributed by atoms with Crippen molar-refractivity contribution < 1.29 is 89.4 Å². The molecule has 86 heavy (non-hydrogen) atoms. The van der Waals surface area contributed by atoms with Gasteiger partial charge >= 0.3 is 0 Å².